The normalized spacial score (nSPS) is 14.3. The van der Waals surface area contributed by atoms with Crippen LogP contribution < -0.4 is 15.5 Å². The number of piperidine rings is 1. The highest BCUT2D eigenvalue weighted by Gasteiger charge is 2.32. The van der Waals surface area contributed by atoms with Crippen molar-refractivity contribution >= 4 is 23.2 Å². The van der Waals surface area contributed by atoms with Crippen LogP contribution >= 0.6 is 0 Å². The van der Waals surface area contributed by atoms with Gasteiger partial charge in [0.2, 0.25) is 5.91 Å². The van der Waals surface area contributed by atoms with E-state index in [9.17, 15) is 9.59 Å². The summed E-state index contributed by atoms with van der Waals surface area (Å²) in [7, 11) is 0. The lowest BCUT2D eigenvalue weighted by Crippen LogP contribution is -2.40. The van der Waals surface area contributed by atoms with Crippen molar-refractivity contribution in [2.24, 2.45) is 5.92 Å². The van der Waals surface area contributed by atoms with E-state index in [1.807, 2.05) is 72.8 Å². The quantitative estimate of drug-likeness (QED) is 0.203. The van der Waals surface area contributed by atoms with E-state index >= 15 is 0 Å². The molecule has 42 heavy (non-hydrogen) atoms. The summed E-state index contributed by atoms with van der Waals surface area (Å²) in [4.78, 5) is 28.7. The van der Waals surface area contributed by atoms with Gasteiger partial charge in [0, 0.05) is 36.6 Å². The van der Waals surface area contributed by atoms with Gasteiger partial charge in [0.25, 0.3) is 5.91 Å². The van der Waals surface area contributed by atoms with Gasteiger partial charge in [0.15, 0.2) is 0 Å². The molecule has 4 aromatic rings. The van der Waals surface area contributed by atoms with Crippen LogP contribution in [0.5, 0.6) is 0 Å². The van der Waals surface area contributed by atoms with E-state index < -0.39 is 0 Å². The molecule has 5 heteroatoms. The monoisotopic (exact) mass is 559 g/mol. The van der Waals surface area contributed by atoms with Gasteiger partial charge < -0.3 is 15.5 Å². The average Bonchev–Trinajstić information content (AvgIpc) is 3.05. The number of aryl methyl sites for hydroxylation is 2. The number of hydrogen-bond donors (Lipinski definition) is 2. The maximum Gasteiger partial charge on any atom is 0.255 e. The Labute approximate surface area is 250 Å². The molecule has 0 radical (unpaired) electrons. The van der Waals surface area contributed by atoms with E-state index in [-0.39, 0.29) is 17.7 Å². The maximum atomic E-state index is 13.2. The van der Waals surface area contributed by atoms with Crippen molar-refractivity contribution in [2.45, 2.75) is 44.9 Å². The molecular weight excluding hydrogens is 518 g/mol. The van der Waals surface area contributed by atoms with Crippen LogP contribution in [0, 0.1) is 5.92 Å². The minimum Gasteiger partial charge on any atom is -0.372 e. The van der Waals surface area contributed by atoms with Gasteiger partial charge in [-0.25, -0.2) is 0 Å². The second-order valence-electron chi connectivity index (χ2n) is 11.1. The molecule has 1 saturated heterocycles. The topological polar surface area (TPSA) is 61.4 Å². The van der Waals surface area contributed by atoms with Crippen molar-refractivity contribution in [1.29, 1.82) is 0 Å². The summed E-state index contributed by atoms with van der Waals surface area (Å²) in [6.07, 6.45) is 4.55. The zero-order chi connectivity index (χ0) is 29.1. The van der Waals surface area contributed by atoms with Gasteiger partial charge in [0.1, 0.15) is 0 Å². The molecule has 1 aliphatic heterocycles. The van der Waals surface area contributed by atoms with Crippen molar-refractivity contribution in [3.05, 3.63) is 131 Å². The molecular formula is C37H41N3O2. The molecule has 4 aromatic carbocycles. The number of rotatable bonds is 11. The van der Waals surface area contributed by atoms with Gasteiger partial charge >= 0.3 is 0 Å². The Bertz CT molecular complexity index is 1430. The molecule has 0 aromatic heterocycles. The third kappa shape index (κ3) is 7.47. The molecule has 1 aliphatic rings. The van der Waals surface area contributed by atoms with Gasteiger partial charge in [-0.3, -0.25) is 9.59 Å². The summed E-state index contributed by atoms with van der Waals surface area (Å²) in [6, 6.07) is 36.6. The largest absolute Gasteiger partial charge is 0.372 e. The number of carbonyl (C=O) groups excluding carboxylic acids is 2. The number of anilines is 2. The summed E-state index contributed by atoms with van der Waals surface area (Å²) >= 11 is 0. The molecule has 5 nitrogen and oxygen atoms in total. The third-order valence-electron chi connectivity index (χ3n) is 8.28. The second kappa shape index (κ2) is 14.5. The highest BCUT2D eigenvalue weighted by Crippen LogP contribution is 2.35. The van der Waals surface area contributed by atoms with Crippen molar-refractivity contribution in [2.75, 3.05) is 29.9 Å². The van der Waals surface area contributed by atoms with Gasteiger partial charge in [-0.1, -0.05) is 85.8 Å². The average molecular weight is 560 g/mol. The maximum absolute atomic E-state index is 13.2. The van der Waals surface area contributed by atoms with Crippen molar-refractivity contribution < 1.29 is 9.59 Å². The fourth-order valence-electron chi connectivity index (χ4n) is 5.98. The SMILES string of the molecule is CCCNC(=O)C(c1ccccc1)C1CCN(c2ccc(NC(=O)c3ccccc3CCc3ccccc3)cc2)CC1. The van der Waals surface area contributed by atoms with Crippen molar-refractivity contribution in [1.82, 2.24) is 5.32 Å². The second-order valence-corrected chi connectivity index (χ2v) is 11.1. The summed E-state index contributed by atoms with van der Waals surface area (Å²) in [5.41, 5.74) is 6.06. The molecule has 1 unspecified atom stereocenters. The Balaban J connectivity index is 1.18. The first kappa shape index (κ1) is 29.1. The third-order valence-corrected chi connectivity index (χ3v) is 8.28. The highest BCUT2D eigenvalue weighted by atomic mass is 16.2. The lowest BCUT2D eigenvalue weighted by molar-refractivity contribution is -0.124. The molecule has 0 aliphatic carbocycles. The fourth-order valence-corrected chi connectivity index (χ4v) is 5.98. The van der Waals surface area contributed by atoms with E-state index in [4.69, 9.17) is 0 Å². The Morgan fingerprint density at radius 2 is 1.43 bits per heavy atom. The van der Waals surface area contributed by atoms with E-state index in [1.165, 1.54) is 5.56 Å². The van der Waals surface area contributed by atoms with Crippen LogP contribution in [0.4, 0.5) is 11.4 Å². The van der Waals surface area contributed by atoms with E-state index in [2.05, 4.69) is 58.9 Å². The number of nitrogens with one attached hydrogen (secondary N) is 2. The minimum atomic E-state index is -0.118. The van der Waals surface area contributed by atoms with Crippen LogP contribution in [0.2, 0.25) is 0 Å². The number of nitrogens with zero attached hydrogens (tertiary/aromatic N) is 1. The molecule has 0 spiro atoms. The van der Waals surface area contributed by atoms with E-state index in [1.54, 1.807) is 0 Å². The summed E-state index contributed by atoms with van der Waals surface area (Å²) < 4.78 is 0. The lowest BCUT2D eigenvalue weighted by atomic mass is 9.79. The Morgan fingerprint density at radius 1 is 0.786 bits per heavy atom. The molecule has 216 valence electrons. The predicted molar refractivity (Wildman–Crippen MR) is 172 cm³/mol. The van der Waals surface area contributed by atoms with Crippen LogP contribution in [-0.4, -0.2) is 31.4 Å². The predicted octanol–water partition coefficient (Wildman–Crippen LogP) is 7.25. The summed E-state index contributed by atoms with van der Waals surface area (Å²) in [5.74, 6) is 0.248. The smallest absolute Gasteiger partial charge is 0.255 e. The van der Waals surface area contributed by atoms with Gasteiger partial charge in [-0.15, -0.1) is 0 Å². The molecule has 1 atom stereocenters. The van der Waals surface area contributed by atoms with Crippen molar-refractivity contribution in [3.63, 3.8) is 0 Å². The Hall–Kier alpha value is -4.38. The van der Waals surface area contributed by atoms with E-state index in [0.29, 0.717) is 12.5 Å². The highest BCUT2D eigenvalue weighted by molar-refractivity contribution is 6.05. The number of carbonyl (C=O) groups is 2. The minimum absolute atomic E-state index is 0.0828. The first-order valence-corrected chi connectivity index (χ1v) is 15.2. The van der Waals surface area contributed by atoms with Crippen LogP contribution in [0.1, 0.15) is 59.2 Å². The van der Waals surface area contributed by atoms with Gasteiger partial charge in [-0.2, -0.15) is 0 Å². The zero-order valence-electron chi connectivity index (χ0n) is 24.5. The summed E-state index contributed by atoms with van der Waals surface area (Å²) in [6.45, 7) is 4.59. The fraction of sp³-hybridized carbons (Fsp3) is 0.297. The first-order chi connectivity index (χ1) is 20.6. The number of hydrogen-bond acceptors (Lipinski definition) is 3. The molecule has 5 rings (SSSR count). The van der Waals surface area contributed by atoms with Crippen LogP contribution in [0.3, 0.4) is 0 Å². The molecule has 0 saturated carbocycles. The zero-order valence-corrected chi connectivity index (χ0v) is 24.5. The lowest BCUT2D eigenvalue weighted by Gasteiger charge is -2.37. The molecule has 1 fully saturated rings. The molecule has 2 N–H and O–H groups in total. The standard InChI is InChI=1S/C37H41N3O2/c1-2-25-38-37(42)35(30-14-7-4-8-15-30)31-23-26-40(27-24-31)33-21-19-32(20-22-33)39-36(41)34-16-10-9-13-29(34)18-17-28-11-5-3-6-12-28/h3-16,19-22,31,35H,2,17-18,23-27H2,1H3,(H,38,42)(H,39,41). The van der Waals surface area contributed by atoms with Gasteiger partial charge in [-0.05, 0) is 85.0 Å². The van der Waals surface area contributed by atoms with Crippen LogP contribution in [0.25, 0.3) is 0 Å². The summed E-state index contributed by atoms with van der Waals surface area (Å²) in [5, 5.41) is 6.23. The van der Waals surface area contributed by atoms with E-state index in [0.717, 1.165) is 73.3 Å². The van der Waals surface area contributed by atoms with Crippen molar-refractivity contribution in [3.8, 4) is 0 Å². The molecule has 0 bridgehead atoms. The van der Waals surface area contributed by atoms with Crippen LogP contribution in [0.15, 0.2) is 109 Å². The first-order valence-electron chi connectivity index (χ1n) is 15.2. The van der Waals surface area contributed by atoms with Gasteiger partial charge in [0.05, 0.1) is 5.92 Å². The number of benzene rings is 4. The van der Waals surface area contributed by atoms with Crippen LogP contribution in [-0.2, 0) is 17.6 Å². The Morgan fingerprint density at radius 3 is 2.12 bits per heavy atom. The molecule has 2 amide bonds. The Kier molecular flexibility index (Phi) is 10.1. The molecule has 1 heterocycles. The number of amides is 2.